The second-order valence-corrected chi connectivity index (χ2v) is 7.12. The van der Waals surface area contributed by atoms with Crippen LogP contribution in [0.1, 0.15) is 62.0 Å². The van der Waals surface area contributed by atoms with Gasteiger partial charge >= 0.3 is 0 Å². The van der Waals surface area contributed by atoms with Gasteiger partial charge in [0.1, 0.15) is 0 Å². The summed E-state index contributed by atoms with van der Waals surface area (Å²) in [6.45, 7) is 3.67. The monoisotopic (exact) mass is 362 g/mol. The topological polar surface area (TPSA) is 57.7 Å². The highest BCUT2D eigenvalue weighted by molar-refractivity contribution is 6.22. The van der Waals surface area contributed by atoms with E-state index in [1.165, 1.54) is 10.5 Å². The lowest BCUT2D eigenvalue weighted by Gasteiger charge is -2.29. The third-order valence-corrected chi connectivity index (χ3v) is 5.37. The average Bonchev–Trinajstić information content (AvgIpc) is 2.95. The molecule has 0 unspecified atom stereocenters. The third kappa shape index (κ3) is 3.03. The predicted octanol–water partition coefficient (Wildman–Crippen LogP) is 3.28. The van der Waals surface area contributed by atoms with Crippen LogP contribution in [0.15, 0.2) is 42.5 Å². The van der Waals surface area contributed by atoms with Crippen molar-refractivity contribution in [3.05, 3.63) is 70.3 Å². The zero-order valence-corrected chi connectivity index (χ0v) is 15.4. The molecule has 0 atom stereocenters. The number of rotatable bonds is 4. The van der Waals surface area contributed by atoms with Crippen LogP contribution in [0.25, 0.3) is 0 Å². The maximum Gasteiger partial charge on any atom is 0.261 e. The molecule has 2 aliphatic heterocycles. The van der Waals surface area contributed by atoms with Crippen molar-refractivity contribution in [3.63, 3.8) is 0 Å². The van der Waals surface area contributed by atoms with Gasteiger partial charge in [-0.25, -0.2) is 0 Å². The van der Waals surface area contributed by atoms with Crippen LogP contribution in [0.5, 0.6) is 0 Å². The Morgan fingerprint density at radius 3 is 2.52 bits per heavy atom. The van der Waals surface area contributed by atoms with Gasteiger partial charge in [0.15, 0.2) is 0 Å². The minimum absolute atomic E-state index is 0.0976. The Balaban J connectivity index is 1.57. The fourth-order valence-electron chi connectivity index (χ4n) is 3.79. The molecule has 0 aromatic heterocycles. The zero-order valence-electron chi connectivity index (χ0n) is 15.4. The fourth-order valence-corrected chi connectivity index (χ4v) is 3.79. The van der Waals surface area contributed by atoms with Crippen LogP contribution in [0.3, 0.4) is 0 Å². The van der Waals surface area contributed by atoms with Gasteiger partial charge in [-0.15, -0.1) is 0 Å². The molecule has 0 aliphatic carbocycles. The van der Waals surface area contributed by atoms with Crippen molar-refractivity contribution < 1.29 is 14.4 Å². The first kappa shape index (κ1) is 17.5. The number of carbonyl (C=O) groups is 3. The van der Waals surface area contributed by atoms with E-state index < -0.39 is 0 Å². The van der Waals surface area contributed by atoms with Crippen molar-refractivity contribution in [1.82, 2.24) is 9.80 Å². The molecule has 2 aliphatic rings. The second kappa shape index (κ2) is 6.99. The molecule has 0 saturated heterocycles. The summed E-state index contributed by atoms with van der Waals surface area (Å²) >= 11 is 0. The molecule has 0 spiro atoms. The summed E-state index contributed by atoms with van der Waals surface area (Å²) in [6, 6.07) is 13.0. The van der Waals surface area contributed by atoms with Gasteiger partial charge in [0.2, 0.25) is 0 Å². The number of benzene rings is 2. The largest absolute Gasteiger partial charge is 0.334 e. The van der Waals surface area contributed by atoms with Crippen molar-refractivity contribution >= 4 is 17.7 Å². The minimum Gasteiger partial charge on any atom is -0.334 e. The Morgan fingerprint density at radius 1 is 1.00 bits per heavy atom. The maximum absolute atomic E-state index is 13.0. The number of hydrogen-bond acceptors (Lipinski definition) is 3. The normalized spacial score (nSPS) is 15.7. The van der Waals surface area contributed by atoms with E-state index in [0.29, 0.717) is 36.3 Å². The molecular formula is C22H22N2O3. The van der Waals surface area contributed by atoms with Crippen molar-refractivity contribution in [2.45, 2.75) is 32.7 Å². The minimum atomic E-state index is -0.290. The number of fused-ring (bicyclic) bond motifs is 2. The van der Waals surface area contributed by atoms with E-state index in [1.54, 1.807) is 23.1 Å². The lowest BCUT2D eigenvalue weighted by atomic mass is 9.98. The predicted molar refractivity (Wildman–Crippen MR) is 102 cm³/mol. The maximum atomic E-state index is 13.0. The summed E-state index contributed by atoms with van der Waals surface area (Å²) in [4.78, 5) is 41.1. The van der Waals surface area contributed by atoms with E-state index in [4.69, 9.17) is 0 Å². The molecule has 4 rings (SSSR count). The van der Waals surface area contributed by atoms with Crippen LogP contribution in [0.4, 0.5) is 0 Å². The molecule has 3 amide bonds. The molecule has 0 bridgehead atoms. The molecule has 2 aromatic carbocycles. The summed E-state index contributed by atoms with van der Waals surface area (Å²) < 4.78 is 0. The van der Waals surface area contributed by atoms with Crippen LogP contribution in [0, 0.1) is 0 Å². The van der Waals surface area contributed by atoms with E-state index in [2.05, 4.69) is 6.07 Å². The Hall–Kier alpha value is -2.95. The van der Waals surface area contributed by atoms with E-state index >= 15 is 0 Å². The number of carbonyl (C=O) groups excluding carboxylic acids is 3. The van der Waals surface area contributed by atoms with Crippen LogP contribution in [-0.4, -0.2) is 40.6 Å². The number of amides is 3. The molecule has 27 heavy (non-hydrogen) atoms. The Labute approximate surface area is 158 Å². The molecule has 5 heteroatoms. The molecule has 0 N–H and O–H groups in total. The van der Waals surface area contributed by atoms with Gasteiger partial charge in [0, 0.05) is 25.2 Å². The average molecular weight is 362 g/mol. The van der Waals surface area contributed by atoms with Gasteiger partial charge in [-0.1, -0.05) is 37.6 Å². The number of imide groups is 1. The standard InChI is InChI=1S/C22H22N2O3/c1-2-3-11-24-21(26)18-9-8-16(13-19(18)22(24)27)20(25)23-12-10-15-6-4-5-7-17(15)14-23/h4-9,13H,2-3,10-12,14H2,1H3. The lowest BCUT2D eigenvalue weighted by molar-refractivity contribution is 0.0651. The number of hydrogen-bond donors (Lipinski definition) is 0. The number of nitrogens with zero attached hydrogens (tertiary/aromatic N) is 2. The summed E-state index contributed by atoms with van der Waals surface area (Å²) in [5.74, 6) is -0.643. The highest BCUT2D eigenvalue weighted by atomic mass is 16.2. The van der Waals surface area contributed by atoms with E-state index in [-0.39, 0.29) is 17.7 Å². The van der Waals surface area contributed by atoms with Gasteiger partial charge in [0.25, 0.3) is 17.7 Å². The molecule has 2 heterocycles. The van der Waals surface area contributed by atoms with Gasteiger partial charge in [-0.3, -0.25) is 19.3 Å². The third-order valence-electron chi connectivity index (χ3n) is 5.37. The molecule has 0 fully saturated rings. The molecule has 138 valence electrons. The van der Waals surface area contributed by atoms with Gasteiger partial charge in [0.05, 0.1) is 11.1 Å². The summed E-state index contributed by atoms with van der Waals surface area (Å²) in [5, 5.41) is 0. The Kier molecular flexibility index (Phi) is 4.52. The summed E-state index contributed by atoms with van der Waals surface area (Å²) in [6.07, 6.45) is 2.52. The summed E-state index contributed by atoms with van der Waals surface area (Å²) in [7, 11) is 0. The van der Waals surface area contributed by atoms with Crippen molar-refractivity contribution in [1.29, 1.82) is 0 Å². The second-order valence-electron chi connectivity index (χ2n) is 7.12. The first-order chi connectivity index (χ1) is 13.1. The highest BCUT2D eigenvalue weighted by Crippen LogP contribution is 2.26. The van der Waals surface area contributed by atoms with Crippen molar-refractivity contribution in [2.24, 2.45) is 0 Å². The van der Waals surface area contributed by atoms with Crippen molar-refractivity contribution in [2.75, 3.05) is 13.1 Å². The molecular weight excluding hydrogens is 340 g/mol. The van der Waals surface area contributed by atoms with Crippen LogP contribution >= 0.6 is 0 Å². The quantitative estimate of drug-likeness (QED) is 0.785. The fraction of sp³-hybridized carbons (Fsp3) is 0.318. The van der Waals surface area contributed by atoms with Crippen LogP contribution < -0.4 is 0 Å². The highest BCUT2D eigenvalue weighted by Gasteiger charge is 2.36. The number of unbranched alkanes of at least 4 members (excludes halogenated alkanes) is 1. The first-order valence-corrected chi connectivity index (χ1v) is 9.46. The van der Waals surface area contributed by atoms with Crippen molar-refractivity contribution in [3.8, 4) is 0 Å². The van der Waals surface area contributed by atoms with E-state index in [9.17, 15) is 14.4 Å². The van der Waals surface area contributed by atoms with Crippen LogP contribution in [0.2, 0.25) is 0 Å². The van der Waals surface area contributed by atoms with E-state index in [0.717, 1.165) is 24.8 Å². The molecule has 5 nitrogen and oxygen atoms in total. The van der Waals surface area contributed by atoms with Gasteiger partial charge in [-0.05, 0) is 42.2 Å². The SMILES string of the molecule is CCCCN1C(=O)c2ccc(C(=O)N3CCc4ccccc4C3)cc2C1=O. The molecule has 0 radical (unpaired) electrons. The smallest absolute Gasteiger partial charge is 0.261 e. The molecule has 2 aromatic rings. The molecule has 0 saturated carbocycles. The van der Waals surface area contributed by atoms with Crippen LogP contribution in [-0.2, 0) is 13.0 Å². The van der Waals surface area contributed by atoms with E-state index in [1.807, 2.05) is 25.1 Å². The lowest BCUT2D eigenvalue weighted by Crippen LogP contribution is -2.36. The van der Waals surface area contributed by atoms with Gasteiger partial charge < -0.3 is 4.90 Å². The van der Waals surface area contributed by atoms with Gasteiger partial charge in [-0.2, -0.15) is 0 Å². The summed E-state index contributed by atoms with van der Waals surface area (Å²) in [5.41, 5.74) is 3.65. The first-order valence-electron chi connectivity index (χ1n) is 9.46. The zero-order chi connectivity index (χ0) is 19.0. The Morgan fingerprint density at radius 2 is 1.74 bits per heavy atom. The Bertz CT molecular complexity index is 935.